The average Bonchev–Trinajstić information content (AvgIpc) is 3.40. The lowest BCUT2D eigenvalue weighted by molar-refractivity contribution is -0.139. The van der Waals surface area contributed by atoms with Gasteiger partial charge >= 0.3 is 5.97 Å². The number of ether oxygens (including phenoxy) is 2. The molecule has 8 heteroatoms. The molecule has 0 bridgehead atoms. The number of benzene rings is 2. The van der Waals surface area contributed by atoms with E-state index in [1.807, 2.05) is 60.8 Å². The summed E-state index contributed by atoms with van der Waals surface area (Å²) < 4.78 is 15.2. The van der Waals surface area contributed by atoms with Crippen molar-refractivity contribution < 1.29 is 14.3 Å². The molecule has 2 aromatic heterocycles. The van der Waals surface area contributed by atoms with Crippen LogP contribution in [-0.2, 0) is 16.1 Å². The van der Waals surface area contributed by atoms with Crippen molar-refractivity contribution in [2.24, 2.45) is 4.99 Å². The Morgan fingerprint density at radius 3 is 2.70 bits per heavy atom. The molecule has 2 aromatic carbocycles. The number of carbonyl (C=O) groups is 1. The van der Waals surface area contributed by atoms with E-state index in [0.29, 0.717) is 38.5 Å². The van der Waals surface area contributed by atoms with Gasteiger partial charge in [0.2, 0.25) is 0 Å². The second kappa shape index (κ2) is 10.1. The Labute approximate surface area is 217 Å². The molecule has 1 atom stereocenters. The van der Waals surface area contributed by atoms with E-state index in [9.17, 15) is 9.59 Å². The predicted octanol–water partition coefficient (Wildman–Crippen LogP) is 3.95. The molecule has 5 rings (SSSR count). The second-order valence-electron chi connectivity index (χ2n) is 8.59. The van der Waals surface area contributed by atoms with E-state index < -0.39 is 12.0 Å². The van der Waals surface area contributed by atoms with Crippen molar-refractivity contribution in [1.82, 2.24) is 9.13 Å². The van der Waals surface area contributed by atoms with Gasteiger partial charge in [0, 0.05) is 34.8 Å². The number of allylic oxidation sites excluding steroid dienone is 2. The van der Waals surface area contributed by atoms with Crippen LogP contribution in [0.25, 0.3) is 17.0 Å². The fourth-order valence-electron chi connectivity index (χ4n) is 4.80. The number of hydrogen-bond donors (Lipinski definition) is 0. The summed E-state index contributed by atoms with van der Waals surface area (Å²) in [7, 11) is 1.57. The number of rotatable bonds is 7. The lowest BCUT2D eigenvalue weighted by atomic mass is 9.95. The van der Waals surface area contributed by atoms with Crippen molar-refractivity contribution in [3.05, 3.63) is 109 Å². The van der Waals surface area contributed by atoms with Gasteiger partial charge in [-0.3, -0.25) is 9.36 Å². The Morgan fingerprint density at radius 2 is 1.95 bits per heavy atom. The van der Waals surface area contributed by atoms with Crippen LogP contribution in [0.4, 0.5) is 0 Å². The summed E-state index contributed by atoms with van der Waals surface area (Å²) in [5.41, 5.74) is 3.30. The van der Waals surface area contributed by atoms with E-state index in [0.717, 1.165) is 16.5 Å². The minimum atomic E-state index is -0.726. The zero-order valence-corrected chi connectivity index (χ0v) is 21.7. The number of nitrogens with zero attached hydrogens (tertiary/aromatic N) is 3. The van der Waals surface area contributed by atoms with Gasteiger partial charge in [-0.05, 0) is 32.1 Å². The minimum absolute atomic E-state index is 0.216. The van der Waals surface area contributed by atoms with Gasteiger partial charge < -0.3 is 14.0 Å². The number of para-hydroxylation sites is 2. The molecule has 37 heavy (non-hydrogen) atoms. The molecule has 7 nitrogen and oxygen atoms in total. The third-order valence-corrected chi connectivity index (χ3v) is 7.37. The number of fused-ring (bicyclic) bond motifs is 2. The lowest BCUT2D eigenvalue weighted by Crippen LogP contribution is -2.40. The van der Waals surface area contributed by atoms with Crippen LogP contribution < -0.4 is 19.6 Å². The molecule has 0 amide bonds. The van der Waals surface area contributed by atoms with Crippen LogP contribution in [0.15, 0.2) is 88.4 Å². The first kappa shape index (κ1) is 24.5. The summed E-state index contributed by atoms with van der Waals surface area (Å²) >= 11 is 1.30. The number of carbonyl (C=O) groups excluding carboxylic acids is 1. The van der Waals surface area contributed by atoms with E-state index in [4.69, 9.17) is 9.47 Å². The molecule has 0 saturated carbocycles. The van der Waals surface area contributed by atoms with E-state index >= 15 is 0 Å². The third kappa shape index (κ3) is 4.23. The molecule has 1 aliphatic rings. The first-order valence-corrected chi connectivity index (χ1v) is 12.8. The molecular weight excluding hydrogens is 486 g/mol. The monoisotopic (exact) mass is 513 g/mol. The SMILES string of the molecule is C=CCn1cc(C=c2sc3n(c2=O)[C@@H](c2ccccc2OC)C(C(=O)OCC)=C(C)N=3)c2ccccc21. The molecule has 188 valence electrons. The zero-order valence-electron chi connectivity index (χ0n) is 20.9. The molecule has 3 heterocycles. The summed E-state index contributed by atoms with van der Waals surface area (Å²) in [6.07, 6.45) is 5.77. The Hall–Kier alpha value is -4.17. The van der Waals surface area contributed by atoms with Gasteiger partial charge in [-0.25, -0.2) is 9.79 Å². The van der Waals surface area contributed by atoms with Gasteiger partial charge in [0.1, 0.15) is 11.8 Å². The standard InChI is InChI=1S/C29H27N3O4S/c1-5-15-31-17-19(20-11-7-9-13-22(20)31)16-24-27(33)32-26(21-12-8-10-14-23(21)35-4)25(28(34)36-6-2)18(3)30-29(32)37-24/h5,7-14,16-17,26H,1,6,15H2,2-4H3/t26-/m0/s1. The second-order valence-corrected chi connectivity index (χ2v) is 9.60. The number of methoxy groups -OCH3 is 1. The zero-order chi connectivity index (χ0) is 26.1. The molecule has 4 aromatic rings. The summed E-state index contributed by atoms with van der Waals surface area (Å²) in [5, 5.41) is 1.04. The Morgan fingerprint density at radius 1 is 1.19 bits per heavy atom. The fraction of sp³-hybridized carbons (Fsp3) is 0.207. The Bertz CT molecular complexity index is 1740. The van der Waals surface area contributed by atoms with Gasteiger partial charge in [-0.15, -0.1) is 6.58 Å². The van der Waals surface area contributed by atoms with Crippen LogP contribution >= 0.6 is 11.3 Å². The van der Waals surface area contributed by atoms with Crippen molar-refractivity contribution in [1.29, 1.82) is 0 Å². The molecule has 0 unspecified atom stereocenters. The maximum Gasteiger partial charge on any atom is 0.338 e. The summed E-state index contributed by atoms with van der Waals surface area (Å²) in [6.45, 7) is 8.26. The number of hydrogen-bond acceptors (Lipinski definition) is 6. The molecule has 0 aliphatic carbocycles. The van der Waals surface area contributed by atoms with Crippen molar-refractivity contribution in [3.8, 4) is 5.75 Å². The van der Waals surface area contributed by atoms with E-state index in [1.54, 1.807) is 25.5 Å². The van der Waals surface area contributed by atoms with Crippen LogP contribution in [0, 0.1) is 0 Å². The molecule has 1 aliphatic heterocycles. The number of thiazole rings is 1. The highest BCUT2D eigenvalue weighted by Gasteiger charge is 2.35. The van der Waals surface area contributed by atoms with Gasteiger partial charge in [0.05, 0.1) is 29.5 Å². The van der Waals surface area contributed by atoms with Crippen molar-refractivity contribution >= 4 is 34.3 Å². The molecular formula is C29H27N3O4S. The molecule has 0 N–H and O–H groups in total. The minimum Gasteiger partial charge on any atom is -0.496 e. The van der Waals surface area contributed by atoms with Crippen LogP contribution in [0.5, 0.6) is 5.75 Å². The number of esters is 1. The van der Waals surface area contributed by atoms with E-state index in [2.05, 4.69) is 22.2 Å². The van der Waals surface area contributed by atoms with Gasteiger partial charge in [-0.2, -0.15) is 0 Å². The summed E-state index contributed by atoms with van der Waals surface area (Å²) in [4.78, 5) is 32.2. The quantitative estimate of drug-likeness (QED) is 0.277. The fourth-order valence-corrected chi connectivity index (χ4v) is 5.84. The van der Waals surface area contributed by atoms with Crippen molar-refractivity contribution in [2.75, 3.05) is 13.7 Å². The Balaban J connectivity index is 1.76. The van der Waals surface area contributed by atoms with Crippen LogP contribution in [0.1, 0.15) is 31.0 Å². The molecule has 0 spiro atoms. The van der Waals surface area contributed by atoms with Crippen molar-refractivity contribution in [3.63, 3.8) is 0 Å². The van der Waals surface area contributed by atoms with Gasteiger partial charge in [0.25, 0.3) is 5.56 Å². The highest BCUT2D eigenvalue weighted by Crippen LogP contribution is 2.35. The van der Waals surface area contributed by atoms with Crippen molar-refractivity contribution in [2.45, 2.75) is 26.4 Å². The lowest BCUT2D eigenvalue weighted by Gasteiger charge is -2.25. The Kier molecular flexibility index (Phi) is 6.67. The van der Waals surface area contributed by atoms with E-state index in [1.165, 1.54) is 11.3 Å². The smallest absolute Gasteiger partial charge is 0.338 e. The highest BCUT2D eigenvalue weighted by atomic mass is 32.1. The topological polar surface area (TPSA) is 74.8 Å². The molecule has 0 radical (unpaired) electrons. The van der Waals surface area contributed by atoms with Gasteiger partial charge in [0.15, 0.2) is 4.80 Å². The normalized spacial score (nSPS) is 15.4. The number of aromatic nitrogens is 2. The largest absolute Gasteiger partial charge is 0.496 e. The third-order valence-electron chi connectivity index (χ3n) is 6.38. The van der Waals surface area contributed by atoms with E-state index in [-0.39, 0.29) is 12.2 Å². The average molecular weight is 514 g/mol. The predicted molar refractivity (Wildman–Crippen MR) is 146 cm³/mol. The first-order valence-electron chi connectivity index (χ1n) is 12.0. The summed E-state index contributed by atoms with van der Waals surface area (Å²) in [6, 6.07) is 14.7. The van der Waals surface area contributed by atoms with Crippen LogP contribution in [0.2, 0.25) is 0 Å². The maximum absolute atomic E-state index is 13.9. The molecule has 0 saturated heterocycles. The summed E-state index contributed by atoms with van der Waals surface area (Å²) in [5.74, 6) is 0.0764. The van der Waals surface area contributed by atoms with Crippen LogP contribution in [-0.4, -0.2) is 28.8 Å². The van der Waals surface area contributed by atoms with Gasteiger partial charge in [-0.1, -0.05) is 53.8 Å². The first-order chi connectivity index (χ1) is 18.0. The van der Waals surface area contributed by atoms with Crippen LogP contribution in [0.3, 0.4) is 0 Å². The maximum atomic E-state index is 13.9. The highest BCUT2D eigenvalue weighted by molar-refractivity contribution is 7.07. The molecule has 0 fully saturated rings.